The smallest absolute Gasteiger partial charge is 0.324 e. The minimum Gasteiger partial charge on any atom is -0.481 e. The van der Waals surface area contributed by atoms with E-state index in [2.05, 4.69) is 19.2 Å². The number of aliphatic carboxylic acids is 1. The van der Waals surface area contributed by atoms with E-state index in [4.69, 9.17) is 5.11 Å². The van der Waals surface area contributed by atoms with Crippen LogP contribution < -0.4 is 5.32 Å². The van der Waals surface area contributed by atoms with Gasteiger partial charge >= 0.3 is 12.0 Å². The van der Waals surface area contributed by atoms with E-state index in [0.717, 1.165) is 12.8 Å². The Morgan fingerprint density at radius 3 is 2.11 bits per heavy atom. The van der Waals surface area contributed by atoms with E-state index in [9.17, 15) is 14.4 Å². The summed E-state index contributed by atoms with van der Waals surface area (Å²) in [6.45, 7) is 7.12. The van der Waals surface area contributed by atoms with Crippen LogP contribution in [0.25, 0.3) is 0 Å². The van der Waals surface area contributed by atoms with E-state index in [1.54, 1.807) is 4.90 Å². The van der Waals surface area contributed by atoms with Crippen molar-refractivity contribution in [1.82, 2.24) is 10.2 Å². The van der Waals surface area contributed by atoms with Crippen LogP contribution in [0.2, 0.25) is 0 Å². The average molecular weight is 272 g/mol. The summed E-state index contributed by atoms with van der Waals surface area (Å²) >= 11 is 0. The number of carboxylic acids is 1. The lowest BCUT2D eigenvalue weighted by Gasteiger charge is -2.25. The van der Waals surface area contributed by atoms with Crippen LogP contribution in [0.5, 0.6) is 0 Å². The quantitative estimate of drug-likeness (QED) is 0.706. The molecule has 2 N–H and O–H groups in total. The Morgan fingerprint density at radius 2 is 1.68 bits per heavy atom. The van der Waals surface area contributed by atoms with Crippen molar-refractivity contribution in [3.8, 4) is 0 Å². The van der Waals surface area contributed by atoms with Crippen molar-refractivity contribution in [3.63, 3.8) is 0 Å². The molecule has 0 aromatic rings. The lowest BCUT2D eigenvalue weighted by molar-refractivity contribution is -0.138. The molecule has 0 spiro atoms. The minimum atomic E-state index is -1.05. The molecule has 0 radical (unpaired) electrons. The third kappa shape index (κ3) is 7.43. The van der Waals surface area contributed by atoms with Crippen LogP contribution in [0.3, 0.4) is 0 Å². The molecule has 0 aliphatic carbocycles. The highest BCUT2D eigenvalue weighted by Crippen LogP contribution is 2.09. The molecule has 0 atom stereocenters. The Labute approximate surface area is 114 Å². The van der Waals surface area contributed by atoms with Gasteiger partial charge in [-0.05, 0) is 12.8 Å². The van der Waals surface area contributed by atoms with Crippen molar-refractivity contribution in [3.05, 3.63) is 0 Å². The van der Waals surface area contributed by atoms with Gasteiger partial charge in [0.15, 0.2) is 0 Å². The van der Waals surface area contributed by atoms with Crippen molar-refractivity contribution in [2.45, 2.75) is 46.5 Å². The second-order valence-electron chi connectivity index (χ2n) is 4.47. The topological polar surface area (TPSA) is 86.7 Å². The number of carbonyl (C=O) groups excluding carboxylic acids is 2. The van der Waals surface area contributed by atoms with E-state index in [1.807, 2.05) is 6.92 Å². The molecule has 0 aromatic carbocycles. The van der Waals surface area contributed by atoms with Gasteiger partial charge < -0.3 is 10.0 Å². The van der Waals surface area contributed by atoms with Gasteiger partial charge in [-0.3, -0.25) is 14.9 Å². The summed E-state index contributed by atoms with van der Waals surface area (Å²) in [5.41, 5.74) is 0. The van der Waals surface area contributed by atoms with E-state index in [-0.39, 0.29) is 12.8 Å². The molecule has 0 saturated heterocycles. The lowest BCUT2D eigenvalue weighted by atomic mass is 10.0. The predicted octanol–water partition coefficient (Wildman–Crippen LogP) is 1.85. The summed E-state index contributed by atoms with van der Waals surface area (Å²) in [6, 6.07) is -0.440. The molecule has 19 heavy (non-hydrogen) atoms. The number of urea groups is 1. The largest absolute Gasteiger partial charge is 0.481 e. The number of amides is 3. The van der Waals surface area contributed by atoms with Gasteiger partial charge in [-0.15, -0.1) is 0 Å². The number of nitrogens with zero attached hydrogens (tertiary/aromatic N) is 1. The highest BCUT2D eigenvalue weighted by Gasteiger charge is 2.18. The van der Waals surface area contributed by atoms with E-state index < -0.39 is 17.9 Å². The van der Waals surface area contributed by atoms with Crippen molar-refractivity contribution >= 4 is 17.9 Å². The van der Waals surface area contributed by atoms with Crippen LogP contribution in [0, 0.1) is 5.92 Å². The maximum Gasteiger partial charge on any atom is 0.324 e. The number of hydrogen-bond donors (Lipinski definition) is 2. The number of carboxylic acid groups (broad SMARTS) is 1. The van der Waals surface area contributed by atoms with Crippen molar-refractivity contribution in [1.29, 1.82) is 0 Å². The van der Waals surface area contributed by atoms with Gasteiger partial charge in [0.05, 0.1) is 6.42 Å². The molecule has 0 unspecified atom stereocenters. The van der Waals surface area contributed by atoms with Crippen molar-refractivity contribution in [2.75, 3.05) is 13.1 Å². The summed E-state index contributed by atoms with van der Waals surface area (Å²) in [7, 11) is 0. The summed E-state index contributed by atoms with van der Waals surface area (Å²) in [4.78, 5) is 35.1. The fourth-order valence-corrected chi connectivity index (χ4v) is 1.70. The Morgan fingerprint density at radius 1 is 1.11 bits per heavy atom. The first kappa shape index (κ1) is 17.4. The third-order valence-corrected chi connectivity index (χ3v) is 3.11. The molecule has 0 aromatic heterocycles. The lowest BCUT2D eigenvalue weighted by Crippen LogP contribution is -2.44. The second-order valence-corrected chi connectivity index (χ2v) is 4.47. The Hall–Kier alpha value is -1.59. The molecule has 0 heterocycles. The Balaban J connectivity index is 4.27. The number of carbonyl (C=O) groups is 3. The zero-order valence-corrected chi connectivity index (χ0v) is 11.9. The first-order chi connectivity index (χ1) is 8.94. The molecule has 0 aliphatic rings. The third-order valence-electron chi connectivity index (χ3n) is 3.11. The van der Waals surface area contributed by atoms with Crippen LogP contribution in [-0.4, -0.2) is 41.0 Å². The summed E-state index contributed by atoms with van der Waals surface area (Å²) in [5, 5.41) is 10.7. The fourth-order valence-electron chi connectivity index (χ4n) is 1.70. The zero-order valence-electron chi connectivity index (χ0n) is 11.9. The van der Waals surface area contributed by atoms with Crippen LogP contribution >= 0.6 is 0 Å². The molecular weight excluding hydrogens is 248 g/mol. The molecule has 110 valence electrons. The van der Waals surface area contributed by atoms with E-state index in [0.29, 0.717) is 19.0 Å². The van der Waals surface area contributed by atoms with Gasteiger partial charge in [0.25, 0.3) is 0 Å². The van der Waals surface area contributed by atoms with Crippen LogP contribution in [-0.2, 0) is 9.59 Å². The summed E-state index contributed by atoms with van der Waals surface area (Å²) < 4.78 is 0. The Bertz CT molecular complexity index is 314. The number of nitrogens with one attached hydrogen (secondary N) is 1. The molecule has 3 amide bonds. The van der Waals surface area contributed by atoms with Crippen molar-refractivity contribution in [2.24, 2.45) is 5.92 Å². The number of imide groups is 1. The normalized spacial score (nSPS) is 10.3. The van der Waals surface area contributed by atoms with E-state index in [1.165, 1.54) is 0 Å². The number of rotatable bonds is 8. The molecule has 0 aliphatic heterocycles. The van der Waals surface area contributed by atoms with Gasteiger partial charge in [0, 0.05) is 19.5 Å². The molecule has 0 bridgehead atoms. The van der Waals surface area contributed by atoms with Gasteiger partial charge in [-0.25, -0.2) is 4.79 Å². The van der Waals surface area contributed by atoms with E-state index >= 15 is 0 Å². The monoisotopic (exact) mass is 272 g/mol. The minimum absolute atomic E-state index is 0.177. The van der Waals surface area contributed by atoms with Crippen LogP contribution in [0.15, 0.2) is 0 Å². The summed E-state index contributed by atoms with van der Waals surface area (Å²) in [5.74, 6) is -1.18. The number of hydrogen-bond acceptors (Lipinski definition) is 3. The average Bonchev–Trinajstić information content (AvgIpc) is 2.37. The van der Waals surface area contributed by atoms with Gasteiger partial charge in [-0.2, -0.15) is 0 Å². The molecule has 6 nitrogen and oxygen atoms in total. The molecule has 0 saturated carbocycles. The molecule has 0 rings (SSSR count). The fraction of sp³-hybridized carbons (Fsp3) is 0.769. The first-order valence-corrected chi connectivity index (χ1v) is 6.75. The summed E-state index contributed by atoms with van der Waals surface area (Å²) in [6.07, 6.45) is 1.52. The molecule has 6 heteroatoms. The van der Waals surface area contributed by atoms with Crippen LogP contribution in [0.4, 0.5) is 4.79 Å². The second kappa shape index (κ2) is 9.35. The van der Waals surface area contributed by atoms with Gasteiger partial charge in [0.1, 0.15) is 0 Å². The standard InChI is InChI=1S/C13H24N2O4/c1-4-10(5-2)9-15(6-3)13(19)14-11(16)7-8-12(17)18/h10H,4-9H2,1-3H3,(H,17,18)(H,14,16,19). The first-order valence-electron chi connectivity index (χ1n) is 6.75. The molecule has 0 fully saturated rings. The Kier molecular flexibility index (Phi) is 8.57. The zero-order chi connectivity index (χ0) is 14.8. The maximum absolute atomic E-state index is 11.8. The van der Waals surface area contributed by atoms with Crippen LogP contribution in [0.1, 0.15) is 46.5 Å². The molecular formula is C13H24N2O4. The predicted molar refractivity (Wildman–Crippen MR) is 71.7 cm³/mol. The highest BCUT2D eigenvalue weighted by molar-refractivity contribution is 5.95. The van der Waals surface area contributed by atoms with Crippen molar-refractivity contribution < 1.29 is 19.5 Å². The SMILES string of the molecule is CCC(CC)CN(CC)C(=O)NC(=O)CCC(=O)O. The van der Waals surface area contributed by atoms with Gasteiger partial charge in [0.2, 0.25) is 5.91 Å². The highest BCUT2D eigenvalue weighted by atomic mass is 16.4. The van der Waals surface area contributed by atoms with Gasteiger partial charge in [-0.1, -0.05) is 26.7 Å². The maximum atomic E-state index is 11.8.